The highest BCUT2D eigenvalue weighted by Gasteiger charge is 2.26. The zero-order chi connectivity index (χ0) is 24.1. The van der Waals surface area contributed by atoms with Crippen LogP contribution in [0.1, 0.15) is 28.8 Å². The standard InChI is InChI=1S/C25H27FN8O/c1-16-11-21(26)19(25(35)28-17-3-4-17)13-23(16)34-15-22(29-30-34)20-14-27-33-6-5-18(12-24(20)33)32-9-7-31(2)8-10-32/h5-6,11-15,17H,3-4,7-10H2,1-2H3,(H,28,35). The van der Waals surface area contributed by atoms with Gasteiger partial charge in [-0.2, -0.15) is 5.10 Å². The van der Waals surface area contributed by atoms with Crippen LogP contribution in [0.4, 0.5) is 10.1 Å². The van der Waals surface area contributed by atoms with Gasteiger partial charge < -0.3 is 15.1 Å². The molecule has 1 aliphatic carbocycles. The topological polar surface area (TPSA) is 83.6 Å². The zero-order valence-corrected chi connectivity index (χ0v) is 19.8. The van der Waals surface area contributed by atoms with E-state index in [1.165, 1.54) is 6.07 Å². The van der Waals surface area contributed by atoms with Crippen molar-refractivity contribution >= 4 is 17.1 Å². The molecule has 1 N–H and O–H groups in total. The first kappa shape index (κ1) is 21.7. The summed E-state index contributed by atoms with van der Waals surface area (Å²) in [6, 6.07) is 7.28. The third-order valence-corrected chi connectivity index (χ3v) is 6.83. The van der Waals surface area contributed by atoms with Crippen molar-refractivity contribution in [3.63, 3.8) is 0 Å². The lowest BCUT2D eigenvalue weighted by Crippen LogP contribution is -2.44. The van der Waals surface area contributed by atoms with Crippen LogP contribution < -0.4 is 10.2 Å². The van der Waals surface area contributed by atoms with Crippen LogP contribution in [0, 0.1) is 12.7 Å². The highest BCUT2D eigenvalue weighted by atomic mass is 19.1. The minimum absolute atomic E-state index is 0.0161. The largest absolute Gasteiger partial charge is 0.369 e. The molecule has 10 heteroatoms. The molecule has 0 radical (unpaired) electrons. The van der Waals surface area contributed by atoms with Gasteiger partial charge in [0, 0.05) is 49.7 Å². The van der Waals surface area contributed by atoms with Gasteiger partial charge in [0.1, 0.15) is 11.5 Å². The van der Waals surface area contributed by atoms with Crippen LogP contribution in [0.25, 0.3) is 22.5 Å². The number of aryl methyl sites for hydroxylation is 1. The molecule has 6 rings (SSSR count). The molecule has 1 amide bonds. The molecule has 4 heterocycles. The van der Waals surface area contributed by atoms with E-state index >= 15 is 0 Å². The highest BCUT2D eigenvalue weighted by Crippen LogP contribution is 2.28. The molecular formula is C25H27FN8O. The van der Waals surface area contributed by atoms with E-state index in [-0.39, 0.29) is 11.6 Å². The number of hydrogen-bond donors (Lipinski definition) is 1. The first-order valence-electron chi connectivity index (χ1n) is 11.9. The lowest BCUT2D eigenvalue weighted by molar-refractivity contribution is 0.0947. The maximum absolute atomic E-state index is 14.6. The number of benzene rings is 1. The number of carbonyl (C=O) groups is 1. The molecule has 0 spiro atoms. The number of fused-ring (bicyclic) bond motifs is 1. The molecule has 0 bridgehead atoms. The number of nitrogens with one attached hydrogen (secondary N) is 1. The van der Waals surface area contributed by atoms with Gasteiger partial charge in [-0.3, -0.25) is 4.79 Å². The van der Waals surface area contributed by atoms with E-state index in [0.29, 0.717) is 16.9 Å². The second-order valence-electron chi connectivity index (χ2n) is 9.48. The third-order valence-electron chi connectivity index (χ3n) is 6.83. The van der Waals surface area contributed by atoms with Crippen molar-refractivity contribution in [1.29, 1.82) is 0 Å². The fourth-order valence-corrected chi connectivity index (χ4v) is 4.51. The van der Waals surface area contributed by atoms with E-state index in [0.717, 1.165) is 55.8 Å². The molecule has 1 aromatic carbocycles. The van der Waals surface area contributed by atoms with Crippen LogP contribution in [0.5, 0.6) is 0 Å². The van der Waals surface area contributed by atoms with Gasteiger partial charge in [-0.25, -0.2) is 13.6 Å². The minimum Gasteiger partial charge on any atom is -0.369 e. The van der Waals surface area contributed by atoms with Gasteiger partial charge in [-0.1, -0.05) is 5.21 Å². The molecule has 1 saturated heterocycles. The van der Waals surface area contributed by atoms with Crippen molar-refractivity contribution in [2.45, 2.75) is 25.8 Å². The Bertz CT molecular complexity index is 1410. The summed E-state index contributed by atoms with van der Waals surface area (Å²) in [4.78, 5) is 17.2. The monoisotopic (exact) mass is 474 g/mol. The number of carbonyl (C=O) groups excluding carboxylic acids is 1. The van der Waals surface area contributed by atoms with Gasteiger partial charge in [-0.05, 0) is 56.6 Å². The van der Waals surface area contributed by atoms with E-state index in [4.69, 9.17) is 0 Å². The average Bonchev–Trinajstić information content (AvgIpc) is 3.36. The Morgan fingerprint density at radius 3 is 2.71 bits per heavy atom. The Morgan fingerprint density at radius 2 is 1.94 bits per heavy atom. The molecule has 9 nitrogen and oxygen atoms in total. The number of pyridine rings is 1. The van der Waals surface area contributed by atoms with Crippen LogP contribution >= 0.6 is 0 Å². The molecule has 1 saturated carbocycles. The van der Waals surface area contributed by atoms with Crippen LogP contribution in [0.3, 0.4) is 0 Å². The van der Waals surface area contributed by atoms with Crippen LogP contribution in [-0.2, 0) is 0 Å². The summed E-state index contributed by atoms with van der Waals surface area (Å²) in [6.07, 6.45) is 7.42. The number of aromatic nitrogens is 5. The molecule has 0 atom stereocenters. The number of likely N-dealkylation sites (N-methyl/N-ethyl adjacent to an activating group) is 1. The van der Waals surface area contributed by atoms with E-state index in [1.54, 1.807) is 30.1 Å². The molecule has 1 aliphatic heterocycles. The fraction of sp³-hybridized carbons (Fsp3) is 0.360. The van der Waals surface area contributed by atoms with E-state index in [1.807, 2.05) is 10.7 Å². The number of anilines is 1. The number of piperazine rings is 1. The highest BCUT2D eigenvalue weighted by molar-refractivity contribution is 5.95. The Morgan fingerprint density at radius 1 is 1.14 bits per heavy atom. The summed E-state index contributed by atoms with van der Waals surface area (Å²) in [5.74, 6) is -0.936. The van der Waals surface area contributed by atoms with Gasteiger partial charge in [0.2, 0.25) is 0 Å². The summed E-state index contributed by atoms with van der Waals surface area (Å²) in [5.41, 5.74) is 4.90. The Hall–Kier alpha value is -3.79. The molecule has 0 unspecified atom stereocenters. The Kier molecular flexibility index (Phi) is 5.25. The molecule has 2 aliphatic rings. The zero-order valence-electron chi connectivity index (χ0n) is 19.8. The van der Waals surface area contributed by atoms with Gasteiger partial charge in [0.15, 0.2) is 0 Å². The normalized spacial score (nSPS) is 16.7. The van der Waals surface area contributed by atoms with E-state index < -0.39 is 11.7 Å². The second-order valence-corrected chi connectivity index (χ2v) is 9.48. The number of hydrogen-bond acceptors (Lipinski definition) is 6. The molecule has 4 aromatic rings. The quantitative estimate of drug-likeness (QED) is 0.479. The Labute approximate surface area is 202 Å². The lowest BCUT2D eigenvalue weighted by atomic mass is 10.1. The second kappa shape index (κ2) is 8.46. The molecule has 35 heavy (non-hydrogen) atoms. The third kappa shape index (κ3) is 4.14. The molecular weight excluding hydrogens is 447 g/mol. The first-order chi connectivity index (χ1) is 17.0. The van der Waals surface area contributed by atoms with Crippen molar-refractivity contribution in [3.8, 4) is 16.9 Å². The number of rotatable bonds is 5. The number of halogens is 1. The van der Waals surface area contributed by atoms with Crippen molar-refractivity contribution in [2.24, 2.45) is 0 Å². The van der Waals surface area contributed by atoms with Crippen molar-refractivity contribution in [1.82, 2.24) is 34.8 Å². The van der Waals surface area contributed by atoms with E-state index in [9.17, 15) is 9.18 Å². The molecule has 2 fully saturated rings. The fourth-order valence-electron chi connectivity index (χ4n) is 4.51. The minimum atomic E-state index is -0.538. The predicted molar refractivity (Wildman–Crippen MR) is 130 cm³/mol. The number of amides is 1. The maximum Gasteiger partial charge on any atom is 0.254 e. The summed E-state index contributed by atoms with van der Waals surface area (Å²) >= 11 is 0. The van der Waals surface area contributed by atoms with Gasteiger partial charge in [-0.15, -0.1) is 5.10 Å². The average molecular weight is 475 g/mol. The van der Waals surface area contributed by atoms with Gasteiger partial charge in [0.05, 0.1) is 29.2 Å². The van der Waals surface area contributed by atoms with E-state index in [2.05, 4.69) is 49.7 Å². The summed E-state index contributed by atoms with van der Waals surface area (Å²) in [5, 5.41) is 16.0. The number of nitrogens with zero attached hydrogens (tertiary/aromatic N) is 7. The molecule has 3 aromatic heterocycles. The van der Waals surface area contributed by atoms with Gasteiger partial charge >= 0.3 is 0 Å². The first-order valence-corrected chi connectivity index (χ1v) is 11.9. The van der Waals surface area contributed by atoms with Gasteiger partial charge in [0.25, 0.3) is 5.91 Å². The van der Waals surface area contributed by atoms with Crippen molar-refractivity contribution in [3.05, 3.63) is 59.8 Å². The van der Waals surface area contributed by atoms with Crippen LogP contribution in [0.2, 0.25) is 0 Å². The summed E-state index contributed by atoms with van der Waals surface area (Å²) < 4.78 is 18.0. The van der Waals surface area contributed by atoms with Crippen LogP contribution in [0.15, 0.2) is 42.9 Å². The van der Waals surface area contributed by atoms with Crippen molar-refractivity contribution < 1.29 is 9.18 Å². The predicted octanol–water partition coefficient (Wildman–Crippen LogP) is 2.67. The lowest BCUT2D eigenvalue weighted by Gasteiger charge is -2.34. The Balaban J connectivity index is 1.33. The molecule has 180 valence electrons. The van der Waals surface area contributed by atoms with Crippen molar-refractivity contribution in [2.75, 3.05) is 38.1 Å². The maximum atomic E-state index is 14.6. The summed E-state index contributed by atoms with van der Waals surface area (Å²) in [7, 11) is 2.14. The van der Waals surface area contributed by atoms with Crippen LogP contribution in [-0.4, -0.2) is 74.7 Å². The SMILES string of the molecule is Cc1cc(F)c(C(=O)NC2CC2)cc1-n1cc(-c2cnn3ccc(N4CCN(C)CC4)cc23)nn1. The smallest absolute Gasteiger partial charge is 0.254 e. The summed E-state index contributed by atoms with van der Waals surface area (Å²) in [6.45, 7) is 5.81.